The number of likely N-dealkylation sites (tertiary alicyclic amines) is 1. The van der Waals surface area contributed by atoms with Gasteiger partial charge in [0.15, 0.2) is 11.5 Å². The Bertz CT molecular complexity index is 1410. The van der Waals surface area contributed by atoms with E-state index >= 15 is 0 Å². The fourth-order valence-corrected chi connectivity index (χ4v) is 5.06. The summed E-state index contributed by atoms with van der Waals surface area (Å²) < 4.78 is 22.3. The third-order valence-electron chi connectivity index (χ3n) is 6.81. The van der Waals surface area contributed by atoms with Crippen LogP contribution in [-0.2, 0) is 22.6 Å². The van der Waals surface area contributed by atoms with E-state index in [2.05, 4.69) is 4.98 Å². The van der Waals surface area contributed by atoms with Gasteiger partial charge in [0, 0.05) is 30.9 Å². The monoisotopic (exact) mass is 516 g/mol. The SMILES string of the molecule is COc1cc(C2C(=C(O)c3ccc4c(c3)CC(C)O4)C(=O)C(=O)N2Cc2ccncc2)cc(OC)c1OC. The molecule has 0 saturated carbocycles. The molecule has 0 bridgehead atoms. The maximum absolute atomic E-state index is 13.5. The van der Waals surface area contributed by atoms with Crippen molar-refractivity contribution < 1.29 is 33.6 Å². The number of amides is 1. The van der Waals surface area contributed by atoms with Gasteiger partial charge in [0.1, 0.15) is 17.6 Å². The molecule has 0 aliphatic carbocycles. The van der Waals surface area contributed by atoms with E-state index in [1.54, 1.807) is 54.9 Å². The lowest BCUT2D eigenvalue weighted by molar-refractivity contribution is -0.140. The molecule has 3 aromatic rings. The minimum atomic E-state index is -0.916. The van der Waals surface area contributed by atoms with E-state index in [4.69, 9.17) is 18.9 Å². The molecule has 9 nitrogen and oxygen atoms in total. The van der Waals surface area contributed by atoms with Gasteiger partial charge in [0.2, 0.25) is 5.75 Å². The van der Waals surface area contributed by atoms with Crippen molar-refractivity contribution in [1.29, 1.82) is 0 Å². The number of hydrogen-bond donors (Lipinski definition) is 1. The molecule has 2 aliphatic rings. The molecule has 1 saturated heterocycles. The zero-order chi connectivity index (χ0) is 27.0. The Balaban J connectivity index is 1.69. The summed E-state index contributed by atoms with van der Waals surface area (Å²) in [5, 5.41) is 11.5. The molecule has 3 heterocycles. The van der Waals surface area contributed by atoms with Gasteiger partial charge in [-0.25, -0.2) is 0 Å². The Labute approximate surface area is 220 Å². The van der Waals surface area contributed by atoms with Crippen molar-refractivity contribution in [3.8, 4) is 23.0 Å². The van der Waals surface area contributed by atoms with Crippen LogP contribution in [0.5, 0.6) is 23.0 Å². The third kappa shape index (κ3) is 4.30. The molecule has 0 spiro atoms. The molecule has 2 aliphatic heterocycles. The highest BCUT2D eigenvalue weighted by Crippen LogP contribution is 2.46. The van der Waals surface area contributed by atoms with Gasteiger partial charge in [0.05, 0.1) is 32.9 Å². The lowest BCUT2D eigenvalue weighted by Gasteiger charge is -2.26. The first kappa shape index (κ1) is 25.1. The van der Waals surface area contributed by atoms with Crippen molar-refractivity contribution in [3.05, 3.63) is 82.7 Å². The molecule has 1 amide bonds. The zero-order valence-electron chi connectivity index (χ0n) is 21.6. The summed E-state index contributed by atoms with van der Waals surface area (Å²) in [6, 6.07) is 11.3. The lowest BCUT2D eigenvalue weighted by Crippen LogP contribution is -2.29. The van der Waals surface area contributed by atoms with Crippen LogP contribution in [0.4, 0.5) is 0 Å². The van der Waals surface area contributed by atoms with Crippen LogP contribution < -0.4 is 18.9 Å². The van der Waals surface area contributed by atoms with Crippen LogP contribution in [0.1, 0.15) is 35.2 Å². The quantitative estimate of drug-likeness (QED) is 0.285. The minimum absolute atomic E-state index is 0.0209. The van der Waals surface area contributed by atoms with E-state index in [1.165, 1.54) is 26.2 Å². The van der Waals surface area contributed by atoms with Crippen molar-refractivity contribution in [2.75, 3.05) is 21.3 Å². The number of nitrogens with zero attached hydrogens (tertiary/aromatic N) is 2. The Morgan fingerprint density at radius 3 is 2.34 bits per heavy atom. The second-order valence-electron chi connectivity index (χ2n) is 9.20. The summed E-state index contributed by atoms with van der Waals surface area (Å²) in [6.45, 7) is 2.09. The van der Waals surface area contributed by atoms with Gasteiger partial charge in [-0.2, -0.15) is 0 Å². The molecule has 196 valence electrons. The van der Waals surface area contributed by atoms with Crippen molar-refractivity contribution in [2.45, 2.75) is 32.0 Å². The first-order valence-electron chi connectivity index (χ1n) is 12.1. The van der Waals surface area contributed by atoms with Gasteiger partial charge in [-0.05, 0) is 66.1 Å². The number of aromatic nitrogens is 1. The van der Waals surface area contributed by atoms with Crippen LogP contribution in [0, 0.1) is 0 Å². The largest absolute Gasteiger partial charge is 0.507 e. The van der Waals surface area contributed by atoms with Gasteiger partial charge < -0.3 is 29.0 Å². The number of aliphatic hydroxyl groups excluding tert-OH is 1. The average Bonchev–Trinajstić information content (AvgIpc) is 3.43. The van der Waals surface area contributed by atoms with Crippen molar-refractivity contribution in [3.63, 3.8) is 0 Å². The van der Waals surface area contributed by atoms with E-state index in [0.29, 0.717) is 34.8 Å². The number of aliphatic hydroxyl groups is 1. The molecule has 1 fully saturated rings. The maximum atomic E-state index is 13.5. The number of fused-ring (bicyclic) bond motifs is 1. The number of carbonyl (C=O) groups excluding carboxylic acids is 2. The number of pyridine rings is 1. The number of ether oxygens (including phenoxy) is 4. The topological polar surface area (TPSA) is 107 Å². The van der Waals surface area contributed by atoms with E-state index in [-0.39, 0.29) is 24.0 Å². The summed E-state index contributed by atoms with van der Waals surface area (Å²) in [4.78, 5) is 32.4. The summed E-state index contributed by atoms with van der Waals surface area (Å²) >= 11 is 0. The molecule has 1 N–H and O–H groups in total. The molecule has 9 heteroatoms. The fourth-order valence-electron chi connectivity index (χ4n) is 5.06. The van der Waals surface area contributed by atoms with E-state index < -0.39 is 17.7 Å². The highest BCUT2D eigenvalue weighted by atomic mass is 16.5. The predicted octanol–water partition coefficient (Wildman–Crippen LogP) is 4.05. The Hall–Kier alpha value is -4.53. The van der Waals surface area contributed by atoms with Gasteiger partial charge in [-0.3, -0.25) is 14.6 Å². The van der Waals surface area contributed by atoms with Crippen molar-refractivity contribution in [2.24, 2.45) is 0 Å². The maximum Gasteiger partial charge on any atom is 0.295 e. The highest BCUT2D eigenvalue weighted by molar-refractivity contribution is 6.46. The number of Topliss-reactive ketones (excluding diaryl/α,β-unsaturated/α-hetero) is 1. The lowest BCUT2D eigenvalue weighted by atomic mass is 9.93. The van der Waals surface area contributed by atoms with Crippen LogP contribution in [0.3, 0.4) is 0 Å². The van der Waals surface area contributed by atoms with Crippen molar-refractivity contribution >= 4 is 17.4 Å². The minimum Gasteiger partial charge on any atom is -0.507 e. The number of ketones is 1. The molecule has 0 radical (unpaired) electrons. The number of methoxy groups -OCH3 is 3. The first-order chi connectivity index (χ1) is 18.4. The van der Waals surface area contributed by atoms with Crippen molar-refractivity contribution in [1.82, 2.24) is 9.88 Å². The molecule has 38 heavy (non-hydrogen) atoms. The normalized spacial score (nSPS) is 19.7. The molecular formula is C29H28N2O7. The fraction of sp³-hybridized carbons (Fsp3) is 0.276. The van der Waals surface area contributed by atoms with Crippen LogP contribution in [0.2, 0.25) is 0 Å². The second kappa shape index (κ2) is 10.1. The van der Waals surface area contributed by atoms with E-state index in [9.17, 15) is 14.7 Å². The average molecular weight is 517 g/mol. The van der Waals surface area contributed by atoms with E-state index in [0.717, 1.165) is 16.9 Å². The second-order valence-corrected chi connectivity index (χ2v) is 9.20. The number of rotatable bonds is 7. The van der Waals surface area contributed by atoms with Gasteiger partial charge in [-0.15, -0.1) is 0 Å². The highest BCUT2D eigenvalue weighted by Gasteiger charge is 2.46. The van der Waals surface area contributed by atoms with Crippen LogP contribution in [-0.4, -0.2) is 54.1 Å². The molecule has 5 rings (SSSR count). The Morgan fingerprint density at radius 1 is 1.03 bits per heavy atom. The third-order valence-corrected chi connectivity index (χ3v) is 6.81. The zero-order valence-corrected chi connectivity index (χ0v) is 21.6. The first-order valence-corrected chi connectivity index (χ1v) is 12.1. The number of carbonyl (C=O) groups is 2. The van der Waals surface area contributed by atoms with Crippen LogP contribution in [0.15, 0.2) is 60.4 Å². The summed E-state index contributed by atoms with van der Waals surface area (Å²) in [5.41, 5.74) is 2.64. The summed E-state index contributed by atoms with van der Waals surface area (Å²) in [5.74, 6) is 0.0771. The van der Waals surface area contributed by atoms with Gasteiger partial charge in [-0.1, -0.05) is 0 Å². The number of benzene rings is 2. The summed E-state index contributed by atoms with van der Waals surface area (Å²) in [7, 11) is 4.47. The smallest absolute Gasteiger partial charge is 0.295 e. The standard InChI is InChI=1S/C29H28N2O7/c1-16-11-19-12-18(5-6-21(19)38-16)26(32)24-25(20-13-22(35-2)28(37-4)23(14-20)36-3)31(29(34)27(24)33)15-17-7-9-30-10-8-17/h5-10,12-14,16,25,32H,11,15H2,1-4H3. The van der Waals surface area contributed by atoms with Gasteiger partial charge >= 0.3 is 0 Å². The van der Waals surface area contributed by atoms with Crippen LogP contribution in [0.25, 0.3) is 5.76 Å². The summed E-state index contributed by atoms with van der Waals surface area (Å²) in [6.07, 6.45) is 3.94. The Morgan fingerprint density at radius 2 is 1.71 bits per heavy atom. The molecule has 1 aromatic heterocycles. The number of hydrogen-bond acceptors (Lipinski definition) is 8. The molecule has 2 atom stereocenters. The molecular weight excluding hydrogens is 488 g/mol. The van der Waals surface area contributed by atoms with Crippen LogP contribution >= 0.6 is 0 Å². The Kier molecular flexibility index (Phi) is 6.67. The molecule has 2 aromatic carbocycles. The molecule has 2 unspecified atom stereocenters. The van der Waals surface area contributed by atoms with E-state index in [1.807, 2.05) is 6.92 Å². The predicted molar refractivity (Wildman–Crippen MR) is 138 cm³/mol. The van der Waals surface area contributed by atoms with Gasteiger partial charge in [0.25, 0.3) is 11.7 Å².